The monoisotopic (exact) mass is 380 g/mol. The Balaban J connectivity index is 2.54. The van der Waals surface area contributed by atoms with Crippen LogP contribution in [0, 0.1) is 0 Å². The van der Waals surface area contributed by atoms with Crippen LogP contribution in [0.1, 0.15) is 10.4 Å². The number of benzene rings is 2. The van der Waals surface area contributed by atoms with Gasteiger partial charge in [0.2, 0.25) is 0 Å². The van der Waals surface area contributed by atoms with Crippen LogP contribution in [0.15, 0.2) is 60.0 Å². The number of rotatable bonds is 7. The van der Waals surface area contributed by atoms with E-state index in [4.69, 9.17) is 16.3 Å². The Morgan fingerprint density at radius 2 is 1.92 bits per heavy atom. The molecule has 2 rings (SSSR count). The first-order valence-electron chi connectivity index (χ1n) is 7.10. The largest absolute Gasteiger partial charge is 0.545 e. The number of ether oxygens (including phenoxy) is 1. The Morgan fingerprint density at radius 3 is 2.44 bits per heavy atom. The van der Waals surface area contributed by atoms with Crippen LogP contribution < -0.4 is 14.1 Å². The summed E-state index contributed by atoms with van der Waals surface area (Å²) in [4.78, 5) is 10.9. The van der Waals surface area contributed by atoms with Gasteiger partial charge in [0.25, 0.3) is 10.0 Å². The van der Waals surface area contributed by atoms with Crippen molar-refractivity contribution in [2.75, 3.05) is 18.0 Å². The van der Waals surface area contributed by atoms with E-state index in [1.54, 1.807) is 24.3 Å². The zero-order chi connectivity index (χ0) is 18.6. The molecular weight excluding hydrogens is 366 g/mol. The Labute approximate surface area is 151 Å². The predicted molar refractivity (Wildman–Crippen MR) is 93.5 cm³/mol. The second-order valence-corrected chi connectivity index (χ2v) is 7.22. The average molecular weight is 381 g/mol. The average Bonchev–Trinajstić information content (AvgIpc) is 2.59. The summed E-state index contributed by atoms with van der Waals surface area (Å²) in [5.41, 5.74) is -0.0123. The molecule has 2 aromatic rings. The summed E-state index contributed by atoms with van der Waals surface area (Å²) in [5.74, 6) is -0.979. The van der Waals surface area contributed by atoms with E-state index in [1.807, 2.05) is 0 Å². The summed E-state index contributed by atoms with van der Waals surface area (Å²) in [7, 11) is -2.53. The van der Waals surface area contributed by atoms with Crippen LogP contribution in [-0.2, 0) is 10.0 Å². The van der Waals surface area contributed by atoms with Crippen LogP contribution in [0.25, 0.3) is 0 Å². The van der Waals surface area contributed by atoms with Gasteiger partial charge < -0.3 is 14.6 Å². The molecule has 0 amide bonds. The Kier molecular flexibility index (Phi) is 5.71. The number of sulfonamides is 1. The van der Waals surface area contributed by atoms with Gasteiger partial charge in [-0.2, -0.15) is 0 Å². The van der Waals surface area contributed by atoms with Crippen LogP contribution in [0.2, 0.25) is 5.02 Å². The molecule has 0 aliphatic rings. The number of carboxylic acid groups (broad SMARTS) is 1. The van der Waals surface area contributed by atoms with E-state index in [1.165, 1.54) is 25.3 Å². The second kappa shape index (κ2) is 7.58. The minimum Gasteiger partial charge on any atom is -0.545 e. The van der Waals surface area contributed by atoms with Gasteiger partial charge >= 0.3 is 0 Å². The van der Waals surface area contributed by atoms with Crippen LogP contribution in [0.3, 0.4) is 0 Å². The fourth-order valence-electron chi connectivity index (χ4n) is 2.16. The topological polar surface area (TPSA) is 86.7 Å². The number of nitrogens with zero attached hydrogens (tertiary/aromatic N) is 1. The Hall–Kier alpha value is -2.51. The summed E-state index contributed by atoms with van der Waals surface area (Å²) in [6, 6.07) is 9.83. The first-order valence-corrected chi connectivity index (χ1v) is 8.91. The summed E-state index contributed by atoms with van der Waals surface area (Å²) in [6.07, 6.45) is 1.43. The fourth-order valence-corrected chi connectivity index (χ4v) is 3.81. The summed E-state index contributed by atoms with van der Waals surface area (Å²) >= 11 is 5.77. The molecule has 0 radical (unpaired) electrons. The maximum atomic E-state index is 13.0. The molecule has 6 nitrogen and oxygen atoms in total. The molecular formula is C17H15ClNO5S-. The van der Waals surface area contributed by atoms with E-state index in [9.17, 15) is 18.3 Å². The molecule has 0 heterocycles. The predicted octanol–water partition coefficient (Wildman–Crippen LogP) is 2.09. The van der Waals surface area contributed by atoms with E-state index in [0.29, 0.717) is 11.4 Å². The van der Waals surface area contributed by atoms with E-state index in [2.05, 4.69) is 6.58 Å². The normalized spacial score (nSPS) is 11.0. The quantitative estimate of drug-likeness (QED) is 0.686. The van der Waals surface area contributed by atoms with Gasteiger partial charge in [-0.1, -0.05) is 17.7 Å². The van der Waals surface area contributed by atoms with E-state index >= 15 is 0 Å². The fraction of sp³-hybridized carbons (Fsp3) is 0.118. The van der Waals surface area contributed by atoms with Gasteiger partial charge in [-0.05, 0) is 42.5 Å². The summed E-state index contributed by atoms with van der Waals surface area (Å²) < 4.78 is 32.1. The highest BCUT2D eigenvalue weighted by Crippen LogP contribution is 2.28. The minimum absolute atomic E-state index is 0.00204. The first-order chi connectivity index (χ1) is 11.8. The third-order valence-corrected chi connectivity index (χ3v) is 5.52. The van der Waals surface area contributed by atoms with Crippen LogP contribution in [0.5, 0.6) is 5.75 Å². The molecule has 0 aromatic heterocycles. The number of hydrogen-bond donors (Lipinski definition) is 0. The van der Waals surface area contributed by atoms with Crippen LogP contribution in [-0.4, -0.2) is 28.0 Å². The number of hydrogen-bond acceptors (Lipinski definition) is 5. The molecule has 2 aromatic carbocycles. The van der Waals surface area contributed by atoms with Crippen molar-refractivity contribution < 1.29 is 23.1 Å². The number of aromatic carboxylic acids is 1. The van der Waals surface area contributed by atoms with Gasteiger partial charge in [0.1, 0.15) is 5.75 Å². The number of halogens is 1. The maximum Gasteiger partial charge on any atom is 0.264 e. The maximum absolute atomic E-state index is 13.0. The minimum atomic E-state index is -4.04. The van der Waals surface area contributed by atoms with E-state index < -0.39 is 21.6 Å². The number of carboxylic acids is 1. The van der Waals surface area contributed by atoms with Crippen molar-refractivity contribution in [3.8, 4) is 5.75 Å². The lowest BCUT2D eigenvalue weighted by atomic mass is 10.2. The molecule has 0 atom stereocenters. The second-order valence-electron chi connectivity index (χ2n) is 4.95. The van der Waals surface area contributed by atoms with Gasteiger partial charge in [0.15, 0.2) is 0 Å². The molecule has 25 heavy (non-hydrogen) atoms. The number of anilines is 1. The molecule has 0 N–H and O–H groups in total. The number of carbonyl (C=O) groups is 1. The Morgan fingerprint density at radius 1 is 1.28 bits per heavy atom. The number of carbonyl (C=O) groups excluding carboxylic acids is 1. The first kappa shape index (κ1) is 18.8. The van der Waals surface area contributed by atoms with Crippen LogP contribution in [0.4, 0.5) is 5.69 Å². The lowest BCUT2D eigenvalue weighted by molar-refractivity contribution is -0.255. The molecule has 0 unspecified atom stereocenters. The van der Waals surface area contributed by atoms with Crippen molar-refractivity contribution in [3.05, 3.63) is 65.7 Å². The lowest BCUT2D eigenvalue weighted by Gasteiger charge is -2.24. The molecule has 0 spiro atoms. The van der Waals surface area contributed by atoms with Gasteiger partial charge in [-0.25, -0.2) is 8.42 Å². The van der Waals surface area contributed by atoms with Crippen molar-refractivity contribution in [3.63, 3.8) is 0 Å². The van der Waals surface area contributed by atoms with Crippen molar-refractivity contribution in [1.82, 2.24) is 0 Å². The molecule has 0 saturated carbocycles. The van der Waals surface area contributed by atoms with Gasteiger partial charge in [0, 0.05) is 10.6 Å². The van der Waals surface area contributed by atoms with E-state index in [0.717, 1.165) is 10.4 Å². The molecule has 0 bridgehead atoms. The van der Waals surface area contributed by atoms with Crippen molar-refractivity contribution in [2.24, 2.45) is 0 Å². The lowest BCUT2D eigenvalue weighted by Crippen LogP contribution is -2.31. The third kappa shape index (κ3) is 3.94. The highest BCUT2D eigenvalue weighted by molar-refractivity contribution is 7.92. The highest BCUT2D eigenvalue weighted by Gasteiger charge is 2.25. The summed E-state index contributed by atoms with van der Waals surface area (Å²) in [5, 5.41) is 11.0. The van der Waals surface area contributed by atoms with Crippen molar-refractivity contribution >= 4 is 33.3 Å². The zero-order valence-corrected chi connectivity index (χ0v) is 14.9. The van der Waals surface area contributed by atoms with Crippen molar-refractivity contribution in [1.29, 1.82) is 0 Å². The molecule has 0 aliphatic heterocycles. The smallest absolute Gasteiger partial charge is 0.264 e. The standard InChI is InChI=1S/C17H16ClNO5S/c1-3-10-19(12-4-6-13(24-2)7-5-12)25(22,23)14-8-9-16(18)15(11-14)17(20)21/h3-9,11H,1,10H2,2H3,(H,20,21)/p-1. The highest BCUT2D eigenvalue weighted by atomic mass is 35.5. The Bertz CT molecular complexity index is 894. The van der Waals surface area contributed by atoms with Gasteiger partial charge in [0.05, 0.1) is 30.2 Å². The van der Waals surface area contributed by atoms with Crippen LogP contribution >= 0.6 is 11.6 Å². The van der Waals surface area contributed by atoms with E-state index in [-0.39, 0.29) is 16.5 Å². The SMILES string of the molecule is C=CCN(c1ccc(OC)cc1)S(=O)(=O)c1ccc(Cl)c(C(=O)[O-])c1. The zero-order valence-electron chi connectivity index (χ0n) is 13.3. The molecule has 0 aliphatic carbocycles. The van der Waals surface area contributed by atoms with Crippen molar-refractivity contribution in [2.45, 2.75) is 4.90 Å². The summed E-state index contributed by atoms with van der Waals surface area (Å²) in [6.45, 7) is 3.57. The van der Waals surface area contributed by atoms with Gasteiger partial charge in [-0.15, -0.1) is 6.58 Å². The number of methoxy groups -OCH3 is 1. The molecule has 132 valence electrons. The molecule has 0 saturated heterocycles. The molecule has 8 heteroatoms. The van der Waals surface area contributed by atoms with Gasteiger partial charge in [-0.3, -0.25) is 4.31 Å². The third-order valence-electron chi connectivity index (χ3n) is 3.40. The molecule has 0 fully saturated rings.